The highest BCUT2D eigenvalue weighted by Gasteiger charge is 2.55. The first-order valence-corrected chi connectivity index (χ1v) is 15.4. The molecule has 3 fully saturated rings. The molecular formula is C34H45N3O3. The molecule has 2 N–H and O–H groups in total. The fourth-order valence-corrected chi connectivity index (χ4v) is 6.92. The largest absolute Gasteiger partial charge is 0.390 e. The summed E-state index contributed by atoms with van der Waals surface area (Å²) in [6.45, 7) is 4.95. The van der Waals surface area contributed by atoms with Crippen molar-refractivity contribution in [2.24, 2.45) is 5.92 Å². The van der Waals surface area contributed by atoms with Crippen molar-refractivity contribution in [3.63, 3.8) is 0 Å². The van der Waals surface area contributed by atoms with Gasteiger partial charge in [0, 0.05) is 26.2 Å². The first-order valence-electron chi connectivity index (χ1n) is 15.4. The fourth-order valence-electron chi connectivity index (χ4n) is 6.92. The van der Waals surface area contributed by atoms with Gasteiger partial charge in [-0.2, -0.15) is 0 Å². The molecule has 2 amide bonds. The van der Waals surface area contributed by atoms with Crippen molar-refractivity contribution in [3.8, 4) is 0 Å². The van der Waals surface area contributed by atoms with E-state index >= 15 is 0 Å². The zero-order valence-corrected chi connectivity index (χ0v) is 23.9. The summed E-state index contributed by atoms with van der Waals surface area (Å²) in [6.07, 6.45) is 9.73. The summed E-state index contributed by atoms with van der Waals surface area (Å²) in [6, 6.07) is 20.1. The minimum atomic E-state index is -0.822. The quantitative estimate of drug-likeness (QED) is 0.466. The number of hydrogen-bond acceptors (Lipinski definition) is 4. The molecule has 0 aromatic heterocycles. The lowest BCUT2D eigenvalue weighted by molar-refractivity contribution is -0.165. The molecule has 1 saturated carbocycles. The highest BCUT2D eigenvalue weighted by Crippen LogP contribution is 2.36. The second-order valence-electron chi connectivity index (χ2n) is 11.9. The zero-order valence-electron chi connectivity index (χ0n) is 23.9. The zero-order chi connectivity index (χ0) is 28.0. The van der Waals surface area contributed by atoms with Gasteiger partial charge in [-0.1, -0.05) is 99.3 Å². The van der Waals surface area contributed by atoms with E-state index in [0.29, 0.717) is 19.4 Å². The molecule has 2 aromatic rings. The normalized spacial score (nSPS) is 22.6. The predicted molar refractivity (Wildman–Crippen MR) is 160 cm³/mol. The Morgan fingerprint density at radius 2 is 1.57 bits per heavy atom. The predicted octanol–water partition coefficient (Wildman–Crippen LogP) is 5.02. The van der Waals surface area contributed by atoms with Crippen LogP contribution in [0.2, 0.25) is 0 Å². The third kappa shape index (κ3) is 6.03. The van der Waals surface area contributed by atoms with Gasteiger partial charge in [0.25, 0.3) is 0 Å². The van der Waals surface area contributed by atoms with E-state index in [0.717, 1.165) is 58.2 Å². The number of carbonyl (C=O) groups is 2. The number of aliphatic hydroxyl groups excluding tert-OH is 1. The molecule has 2 aliphatic heterocycles. The number of nitrogens with zero attached hydrogens (tertiary/aromatic N) is 2. The van der Waals surface area contributed by atoms with Crippen molar-refractivity contribution in [1.29, 1.82) is 0 Å². The Bertz CT molecular complexity index is 1110. The van der Waals surface area contributed by atoms with Crippen LogP contribution in [0.15, 0.2) is 66.7 Å². The van der Waals surface area contributed by atoms with Crippen LogP contribution >= 0.6 is 0 Å². The first kappa shape index (κ1) is 28.6. The number of benzene rings is 2. The monoisotopic (exact) mass is 543 g/mol. The smallest absolute Gasteiger partial charge is 0.248 e. The molecular weight excluding hydrogens is 498 g/mol. The van der Waals surface area contributed by atoms with Gasteiger partial charge in [-0.25, -0.2) is 0 Å². The highest BCUT2D eigenvalue weighted by molar-refractivity contribution is 6.00. The topological polar surface area (TPSA) is 72.9 Å². The summed E-state index contributed by atoms with van der Waals surface area (Å²) in [5.41, 5.74) is 2.76. The number of aliphatic hydroxyl groups is 1. The third-order valence-corrected chi connectivity index (χ3v) is 9.37. The third-order valence-electron chi connectivity index (χ3n) is 9.37. The lowest BCUT2D eigenvalue weighted by Gasteiger charge is -2.52. The minimum absolute atomic E-state index is 0.0764. The Labute approximate surface area is 239 Å². The molecule has 214 valence electrons. The van der Waals surface area contributed by atoms with Crippen molar-refractivity contribution in [2.45, 2.75) is 82.4 Å². The van der Waals surface area contributed by atoms with Crippen LogP contribution in [-0.4, -0.2) is 70.6 Å². The highest BCUT2D eigenvalue weighted by atomic mass is 16.3. The fraction of sp³-hybridized carbons (Fsp3) is 0.529. The van der Waals surface area contributed by atoms with Crippen molar-refractivity contribution in [2.75, 3.05) is 26.2 Å². The molecule has 1 aliphatic carbocycles. The second-order valence-corrected chi connectivity index (χ2v) is 11.9. The van der Waals surface area contributed by atoms with Crippen LogP contribution in [0.1, 0.15) is 75.8 Å². The number of piperazine rings is 1. The average Bonchev–Trinajstić information content (AvgIpc) is 3.01. The number of rotatable bonds is 9. The molecule has 2 heterocycles. The SMILES string of the molecule is CCCCN1C(=O)[C@@H]([C@H](O)C2CCCCC2)NC(=O)C12CCN(CC=C(c1ccccc1)c1ccccc1)CC2. The van der Waals surface area contributed by atoms with Gasteiger partial charge >= 0.3 is 0 Å². The van der Waals surface area contributed by atoms with Crippen LogP contribution in [0.25, 0.3) is 5.57 Å². The molecule has 0 unspecified atom stereocenters. The van der Waals surface area contributed by atoms with E-state index in [4.69, 9.17) is 0 Å². The lowest BCUT2D eigenvalue weighted by atomic mass is 9.78. The van der Waals surface area contributed by atoms with Gasteiger partial charge in [0.1, 0.15) is 11.6 Å². The van der Waals surface area contributed by atoms with E-state index in [1.54, 1.807) is 0 Å². The molecule has 3 aliphatic rings. The van der Waals surface area contributed by atoms with Gasteiger partial charge in [-0.05, 0) is 54.7 Å². The number of amides is 2. The van der Waals surface area contributed by atoms with E-state index in [1.807, 2.05) is 17.0 Å². The van der Waals surface area contributed by atoms with E-state index in [9.17, 15) is 14.7 Å². The molecule has 2 saturated heterocycles. The summed E-state index contributed by atoms with van der Waals surface area (Å²) in [4.78, 5) is 31.9. The van der Waals surface area contributed by atoms with Gasteiger partial charge in [-0.3, -0.25) is 14.5 Å². The van der Waals surface area contributed by atoms with E-state index in [-0.39, 0.29) is 17.7 Å². The maximum absolute atomic E-state index is 13.9. The van der Waals surface area contributed by atoms with E-state index < -0.39 is 17.7 Å². The Morgan fingerprint density at radius 1 is 0.975 bits per heavy atom. The molecule has 40 heavy (non-hydrogen) atoms. The second kappa shape index (κ2) is 13.1. The maximum Gasteiger partial charge on any atom is 0.248 e. The minimum Gasteiger partial charge on any atom is -0.390 e. The molecule has 2 atom stereocenters. The number of unbranched alkanes of at least 4 members (excludes halogenated alkanes) is 1. The molecule has 6 nitrogen and oxygen atoms in total. The Hall–Kier alpha value is -2.96. The van der Waals surface area contributed by atoms with Crippen molar-refractivity contribution in [3.05, 3.63) is 77.9 Å². The van der Waals surface area contributed by atoms with E-state index in [1.165, 1.54) is 23.1 Å². The molecule has 5 rings (SSSR count). The summed E-state index contributed by atoms with van der Waals surface area (Å²) < 4.78 is 0. The molecule has 0 radical (unpaired) electrons. The van der Waals surface area contributed by atoms with Gasteiger partial charge in [0.2, 0.25) is 11.8 Å². The Morgan fingerprint density at radius 3 is 2.15 bits per heavy atom. The number of likely N-dealkylation sites (tertiary alicyclic amines) is 1. The molecule has 1 spiro atoms. The average molecular weight is 544 g/mol. The van der Waals surface area contributed by atoms with Crippen molar-refractivity contribution < 1.29 is 14.7 Å². The summed E-state index contributed by atoms with van der Waals surface area (Å²) >= 11 is 0. The number of carbonyl (C=O) groups excluding carboxylic acids is 2. The van der Waals surface area contributed by atoms with Crippen LogP contribution < -0.4 is 5.32 Å². The molecule has 6 heteroatoms. The van der Waals surface area contributed by atoms with Gasteiger partial charge in [0.15, 0.2) is 0 Å². The lowest BCUT2D eigenvalue weighted by Crippen LogP contribution is -2.75. The Kier molecular flexibility index (Phi) is 9.38. The molecule has 2 aromatic carbocycles. The van der Waals surface area contributed by atoms with Crippen LogP contribution in [0, 0.1) is 5.92 Å². The Balaban J connectivity index is 1.30. The van der Waals surface area contributed by atoms with Gasteiger partial charge in [-0.15, -0.1) is 0 Å². The van der Waals surface area contributed by atoms with Crippen LogP contribution in [-0.2, 0) is 9.59 Å². The van der Waals surface area contributed by atoms with E-state index in [2.05, 4.69) is 71.7 Å². The van der Waals surface area contributed by atoms with Gasteiger partial charge < -0.3 is 15.3 Å². The van der Waals surface area contributed by atoms with Crippen molar-refractivity contribution in [1.82, 2.24) is 15.1 Å². The van der Waals surface area contributed by atoms with Crippen LogP contribution in [0.3, 0.4) is 0 Å². The van der Waals surface area contributed by atoms with Crippen LogP contribution in [0.5, 0.6) is 0 Å². The first-order chi connectivity index (χ1) is 19.5. The number of hydrogen-bond donors (Lipinski definition) is 2. The number of piperidine rings is 1. The standard InChI is InChI=1S/C34H45N3O3/c1-2-3-22-37-32(39)30(31(38)28-17-11-6-12-18-28)35-33(40)34(37)20-24-36(25-21-34)23-19-29(26-13-7-4-8-14-26)27-15-9-5-10-16-27/h4-5,7-10,13-16,19,28,30-31,38H,2-3,6,11-12,17-18,20-25H2,1H3,(H,35,40)/t30-,31-/m1/s1. The van der Waals surface area contributed by atoms with Gasteiger partial charge in [0.05, 0.1) is 6.10 Å². The maximum atomic E-state index is 13.9. The number of nitrogens with one attached hydrogen (secondary N) is 1. The summed E-state index contributed by atoms with van der Waals surface area (Å²) in [7, 11) is 0. The van der Waals surface area contributed by atoms with Crippen molar-refractivity contribution >= 4 is 17.4 Å². The van der Waals surface area contributed by atoms with Crippen LogP contribution in [0.4, 0.5) is 0 Å². The summed E-state index contributed by atoms with van der Waals surface area (Å²) in [5, 5.41) is 14.2. The summed E-state index contributed by atoms with van der Waals surface area (Å²) in [5.74, 6) is -0.0791. The molecule has 0 bridgehead atoms.